The lowest BCUT2D eigenvalue weighted by atomic mass is 10.1. The number of nitrogens with zero attached hydrogens (tertiary/aromatic N) is 2. The van der Waals surface area contributed by atoms with E-state index in [2.05, 4.69) is 30.9 Å². The van der Waals surface area contributed by atoms with E-state index < -0.39 is 60.6 Å². The van der Waals surface area contributed by atoms with Crippen LogP contribution < -0.4 is 33.2 Å². The molecule has 0 radical (unpaired) electrons. The van der Waals surface area contributed by atoms with Crippen LogP contribution in [0.3, 0.4) is 0 Å². The van der Waals surface area contributed by atoms with Crippen LogP contribution in [-0.4, -0.2) is 98.4 Å². The third kappa shape index (κ3) is 10.4. The minimum absolute atomic E-state index is 0.0259. The molecule has 1 heterocycles. The molecule has 0 saturated heterocycles. The first-order valence-corrected chi connectivity index (χ1v) is 10.7. The predicted octanol–water partition coefficient (Wildman–Crippen LogP) is -4.75. The molecule has 1 aromatic heterocycles. The van der Waals surface area contributed by atoms with Crippen LogP contribution in [-0.2, 0) is 25.6 Å². The molecule has 0 aliphatic carbocycles. The number of carboxylic acids is 1. The highest BCUT2D eigenvalue weighted by Gasteiger charge is 2.32. The lowest BCUT2D eigenvalue weighted by Gasteiger charge is -2.25. The van der Waals surface area contributed by atoms with Gasteiger partial charge in [0, 0.05) is 24.9 Å². The molecule has 35 heavy (non-hydrogen) atoms. The Kier molecular flexibility index (Phi) is 12.1. The number of guanidine groups is 1. The fourth-order valence-corrected chi connectivity index (χ4v) is 2.88. The average Bonchev–Trinajstić information content (AvgIpc) is 3.29. The van der Waals surface area contributed by atoms with Gasteiger partial charge in [0.15, 0.2) is 5.96 Å². The number of H-pyrrole nitrogens is 1. The van der Waals surface area contributed by atoms with Crippen LogP contribution in [0.2, 0.25) is 0 Å². The monoisotopic (exact) mass is 499 g/mol. The third-order valence-corrected chi connectivity index (χ3v) is 4.77. The molecule has 0 bridgehead atoms. The number of aliphatic imine (C=N–C) groups is 1. The Hall–Kier alpha value is -3.76. The van der Waals surface area contributed by atoms with Gasteiger partial charge in [-0.1, -0.05) is 0 Å². The van der Waals surface area contributed by atoms with Crippen LogP contribution in [0, 0.1) is 0 Å². The summed E-state index contributed by atoms with van der Waals surface area (Å²) in [4.78, 5) is 59.3. The number of amides is 3. The lowest BCUT2D eigenvalue weighted by Crippen LogP contribution is -2.60. The highest BCUT2D eigenvalue weighted by molar-refractivity contribution is 5.94. The Bertz CT molecular complexity index is 872. The van der Waals surface area contributed by atoms with Crippen LogP contribution in [0.5, 0.6) is 0 Å². The van der Waals surface area contributed by atoms with Crippen molar-refractivity contribution >= 4 is 29.7 Å². The lowest BCUT2D eigenvalue weighted by molar-refractivity contribution is -0.143. The number of rotatable bonds is 15. The second-order valence-electron chi connectivity index (χ2n) is 7.71. The Balaban J connectivity index is 2.75. The number of carbonyl (C=O) groups excluding carboxylic acids is 3. The number of aliphatic carboxylic acids is 1. The number of aliphatic hydroxyl groups excluding tert-OH is 2. The minimum Gasteiger partial charge on any atom is -0.480 e. The maximum atomic E-state index is 12.6. The summed E-state index contributed by atoms with van der Waals surface area (Å²) in [5, 5.41) is 35.6. The van der Waals surface area contributed by atoms with Crippen molar-refractivity contribution in [3.05, 3.63) is 18.2 Å². The van der Waals surface area contributed by atoms with Gasteiger partial charge in [0.25, 0.3) is 0 Å². The zero-order valence-electron chi connectivity index (χ0n) is 19.2. The number of nitrogens with two attached hydrogens (primary N) is 3. The van der Waals surface area contributed by atoms with Crippen molar-refractivity contribution in [3.8, 4) is 0 Å². The molecule has 3 amide bonds. The van der Waals surface area contributed by atoms with Crippen LogP contribution >= 0.6 is 0 Å². The number of carbonyl (C=O) groups is 4. The number of aromatic nitrogens is 2. The zero-order valence-corrected chi connectivity index (χ0v) is 19.2. The second kappa shape index (κ2) is 14.5. The van der Waals surface area contributed by atoms with E-state index in [0.29, 0.717) is 5.69 Å². The van der Waals surface area contributed by atoms with E-state index >= 15 is 0 Å². The molecule has 0 aromatic carbocycles. The summed E-state index contributed by atoms with van der Waals surface area (Å²) in [6, 6.07) is -5.47. The molecule has 16 heteroatoms. The molecule has 5 atom stereocenters. The molecule has 0 spiro atoms. The zero-order chi connectivity index (χ0) is 26.5. The van der Waals surface area contributed by atoms with Crippen LogP contribution in [0.1, 0.15) is 25.5 Å². The summed E-state index contributed by atoms with van der Waals surface area (Å²) in [7, 11) is 0. The largest absolute Gasteiger partial charge is 0.480 e. The Labute approximate surface area is 200 Å². The molecule has 5 unspecified atom stereocenters. The number of hydrogen-bond donors (Lipinski definition) is 10. The van der Waals surface area contributed by atoms with Gasteiger partial charge < -0.3 is 53.5 Å². The maximum absolute atomic E-state index is 12.6. The highest BCUT2D eigenvalue weighted by atomic mass is 16.4. The van der Waals surface area contributed by atoms with Crippen LogP contribution in [0.25, 0.3) is 0 Å². The molecule has 0 fully saturated rings. The van der Waals surface area contributed by atoms with Gasteiger partial charge in [0.2, 0.25) is 17.7 Å². The van der Waals surface area contributed by atoms with E-state index in [0.717, 1.165) is 0 Å². The van der Waals surface area contributed by atoms with Gasteiger partial charge in [0.05, 0.1) is 25.1 Å². The van der Waals surface area contributed by atoms with E-state index in [-0.39, 0.29) is 31.8 Å². The van der Waals surface area contributed by atoms with Crippen LogP contribution in [0.15, 0.2) is 17.5 Å². The highest BCUT2D eigenvalue weighted by Crippen LogP contribution is 2.03. The molecular weight excluding hydrogens is 466 g/mol. The van der Waals surface area contributed by atoms with Gasteiger partial charge in [-0.3, -0.25) is 19.4 Å². The van der Waals surface area contributed by atoms with E-state index in [1.807, 2.05) is 0 Å². The van der Waals surface area contributed by atoms with Crippen molar-refractivity contribution < 1.29 is 34.5 Å². The van der Waals surface area contributed by atoms with Crippen molar-refractivity contribution in [1.29, 1.82) is 0 Å². The van der Waals surface area contributed by atoms with Gasteiger partial charge in [-0.2, -0.15) is 0 Å². The third-order valence-electron chi connectivity index (χ3n) is 4.77. The molecule has 0 aliphatic rings. The summed E-state index contributed by atoms with van der Waals surface area (Å²) in [6.45, 7) is 0.510. The van der Waals surface area contributed by atoms with Gasteiger partial charge in [-0.25, -0.2) is 9.78 Å². The second-order valence-corrected chi connectivity index (χ2v) is 7.71. The summed E-state index contributed by atoms with van der Waals surface area (Å²) in [6.07, 6.45) is 1.74. The molecule has 1 aromatic rings. The van der Waals surface area contributed by atoms with Gasteiger partial charge in [-0.15, -0.1) is 0 Å². The average molecular weight is 500 g/mol. The molecule has 0 saturated carbocycles. The first-order valence-electron chi connectivity index (χ1n) is 10.7. The van der Waals surface area contributed by atoms with Crippen molar-refractivity contribution in [2.24, 2.45) is 22.2 Å². The summed E-state index contributed by atoms with van der Waals surface area (Å²) < 4.78 is 0. The quantitative estimate of drug-likeness (QED) is 0.0620. The van der Waals surface area contributed by atoms with E-state index in [9.17, 15) is 34.5 Å². The van der Waals surface area contributed by atoms with E-state index in [1.165, 1.54) is 19.4 Å². The van der Waals surface area contributed by atoms with Gasteiger partial charge in [0.1, 0.15) is 18.1 Å². The number of aromatic amines is 1. The Morgan fingerprint density at radius 3 is 2.29 bits per heavy atom. The number of nitrogens with one attached hydrogen (secondary N) is 4. The van der Waals surface area contributed by atoms with Crippen molar-refractivity contribution in [3.63, 3.8) is 0 Å². The first kappa shape index (κ1) is 29.3. The standard InChI is InChI=1S/C19H33N9O7/c1-9(30)14(17(33)26-12(18(34)35)3-2-4-24-19(21)22)28-16(32)13(7-29)27-15(31)11(20)5-10-6-23-8-25-10/h6,8-9,11-14,29-30H,2-5,7,20H2,1H3,(H,23,25)(H,26,33)(H,27,31)(H,28,32)(H,34,35)(H4,21,22,24). The molecule has 16 nitrogen and oxygen atoms in total. The first-order chi connectivity index (χ1) is 16.5. The number of aliphatic hydroxyl groups is 2. The minimum atomic E-state index is -1.58. The fraction of sp³-hybridized carbons (Fsp3) is 0.579. The molecule has 196 valence electrons. The fourth-order valence-electron chi connectivity index (χ4n) is 2.88. The molecule has 13 N–H and O–H groups in total. The summed E-state index contributed by atoms with van der Waals surface area (Å²) in [5.41, 5.74) is 16.8. The van der Waals surface area contributed by atoms with Gasteiger partial charge in [-0.05, 0) is 19.8 Å². The topological polar surface area (TPSA) is 284 Å². The van der Waals surface area contributed by atoms with E-state index in [1.54, 1.807) is 0 Å². The molecular formula is C19H33N9O7. The number of imidazole rings is 1. The number of hydrogen-bond acceptors (Lipinski definition) is 9. The normalized spacial score (nSPS) is 15.1. The SMILES string of the molecule is CC(O)C(NC(=O)C(CO)NC(=O)C(N)Cc1cnc[nH]1)C(=O)NC(CCCN=C(N)N)C(=O)O. The summed E-state index contributed by atoms with van der Waals surface area (Å²) >= 11 is 0. The van der Waals surface area contributed by atoms with Crippen molar-refractivity contribution in [1.82, 2.24) is 25.9 Å². The van der Waals surface area contributed by atoms with E-state index in [4.69, 9.17) is 17.2 Å². The Morgan fingerprint density at radius 1 is 1.11 bits per heavy atom. The smallest absolute Gasteiger partial charge is 0.326 e. The summed E-state index contributed by atoms with van der Waals surface area (Å²) in [5.74, 6) is -4.23. The number of carboxylic acid groups (broad SMARTS) is 1. The maximum Gasteiger partial charge on any atom is 0.326 e. The predicted molar refractivity (Wildman–Crippen MR) is 122 cm³/mol. The van der Waals surface area contributed by atoms with Gasteiger partial charge >= 0.3 is 5.97 Å². The molecule has 1 rings (SSSR count). The Morgan fingerprint density at radius 2 is 1.77 bits per heavy atom. The van der Waals surface area contributed by atoms with Crippen LogP contribution in [0.4, 0.5) is 0 Å². The van der Waals surface area contributed by atoms with Crippen molar-refractivity contribution in [2.45, 2.75) is 56.5 Å². The molecule has 0 aliphatic heterocycles. The van der Waals surface area contributed by atoms with Crippen molar-refractivity contribution in [2.75, 3.05) is 13.2 Å².